The van der Waals surface area contributed by atoms with Crippen LogP contribution in [0.3, 0.4) is 0 Å². The van der Waals surface area contributed by atoms with E-state index in [2.05, 4.69) is 15.3 Å². The Bertz CT molecular complexity index is 808. The Morgan fingerprint density at radius 1 is 1.19 bits per heavy atom. The molecule has 2 aliphatic rings. The zero-order valence-electron chi connectivity index (χ0n) is 14.6. The van der Waals surface area contributed by atoms with Crippen LogP contribution in [-0.2, 0) is 4.79 Å². The minimum Gasteiger partial charge on any atom is -0.341 e. The van der Waals surface area contributed by atoms with Gasteiger partial charge in [-0.25, -0.2) is 9.97 Å². The number of para-hydroxylation sites is 1. The molecule has 0 saturated carbocycles. The molecule has 1 aromatic carbocycles. The summed E-state index contributed by atoms with van der Waals surface area (Å²) in [7, 11) is 1.83. The Morgan fingerprint density at radius 3 is 2.65 bits per heavy atom. The van der Waals surface area contributed by atoms with Gasteiger partial charge in [0.2, 0.25) is 11.9 Å². The average Bonchev–Trinajstić information content (AvgIpc) is 2.96. The van der Waals surface area contributed by atoms with E-state index in [0.717, 1.165) is 12.1 Å². The number of piperidine rings is 1. The van der Waals surface area contributed by atoms with E-state index < -0.39 is 0 Å². The molecule has 2 atom stereocenters. The first kappa shape index (κ1) is 16.5. The third kappa shape index (κ3) is 3.12. The third-order valence-corrected chi connectivity index (χ3v) is 5.27. The van der Waals surface area contributed by atoms with E-state index in [0.29, 0.717) is 36.9 Å². The van der Waals surface area contributed by atoms with Crippen LogP contribution < -0.4 is 5.32 Å². The number of likely N-dealkylation sites (N-methyl/N-ethyl adjacent to an activating group) is 1. The summed E-state index contributed by atoms with van der Waals surface area (Å²) in [6.45, 7) is 1.25. The van der Waals surface area contributed by atoms with E-state index in [4.69, 9.17) is 0 Å². The fraction of sp³-hybridized carbons (Fsp3) is 0.368. The number of carbonyl (C=O) groups excluding carboxylic acids is 2. The molecule has 7 heteroatoms. The number of amides is 2. The lowest BCUT2D eigenvalue weighted by atomic mass is 9.92. The van der Waals surface area contributed by atoms with Crippen LogP contribution in [0.2, 0.25) is 0 Å². The second-order valence-corrected chi connectivity index (χ2v) is 6.86. The molecule has 0 spiro atoms. The number of hydrogen-bond acceptors (Lipinski definition) is 5. The molecule has 3 heterocycles. The van der Waals surface area contributed by atoms with Crippen molar-refractivity contribution in [2.75, 3.05) is 25.5 Å². The number of nitrogens with zero attached hydrogens (tertiary/aromatic N) is 4. The monoisotopic (exact) mass is 351 g/mol. The lowest BCUT2D eigenvalue weighted by molar-refractivity contribution is -0.127. The number of anilines is 2. The van der Waals surface area contributed by atoms with E-state index in [1.165, 1.54) is 0 Å². The summed E-state index contributed by atoms with van der Waals surface area (Å²) in [6, 6.07) is 9.76. The van der Waals surface area contributed by atoms with E-state index >= 15 is 0 Å². The lowest BCUT2D eigenvalue weighted by Crippen LogP contribution is -2.49. The van der Waals surface area contributed by atoms with Gasteiger partial charge in [0, 0.05) is 44.6 Å². The van der Waals surface area contributed by atoms with Crippen molar-refractivity contribution in [1.29, 1.82) is 0 Å². The summed E-state index contributed by atoms with van der Waals surface area (Å²) >= 11 is 0. The van der Waals surface area contributed by atoms with E-state index in [1.54, 1.807) is 22.2 Å². The van der Waals surface area contributed by atoms with Crippen LogP contribution in [0.25, 0.3) is 0 Å². The van der Waals surface area contributed by atoms with Crippen LogP contribution in [0.5, 0.6) is 0 Å². The second-order valence-electron chi connectivity index (χ2n) is 6.86. The molecule has 1 aromatic heterocycles. The summed E-state index contributed by atoms with van der Waals surface area (Å²) in [5.41, 5.74) is 1.36. The fourth-order valence-corrected chi connectivity index (χ4v) is 3.73. The number of fused-ring (bicyclic) bond motifs is 1. The number of hydrogen-bond donors (Lipinski definition) is 1. The van der Waals surface area contributed by atoms with Crippen LogP contribution in [0.15, 0.2) is 42.7 Å². The molecular weight excluding hydrogens is 330 g/mol. The molecule has 0 aliphatic carbocycles. The van der Waals surface area contributed by atoms with Crippen LogP contribution in [0, 0.1) is 5.92 Å². The predicted octanol–water partition coefficient (Wildman–Crippen LogP) is 1.91. The topological polar surface area (TPSA) is 78.4 Å². The first-order valence-corrected chi connectivity index (χ1v) is 8.81. The van der Waals surface area contributed by atoms with Gasteiger partial charge < -0.3 is 15.1 Å². The first-order valence-electron chi connectivity index (χ1n) is 8.81. The normalized spacial score (nSPS) is 22.3. The molecule has 0 radical (unpaired) electrons. The Kier molecular flexibility index (Phi) is 4.28. The molecule has 2 amide bonds. The molecule has 2 aliphatic heterocycles. The highest BCUT2D eigenvalue weighted by Crippen LogP contribution is 2.31. The molecule has 0 bridgehead atoms. The van der Waals surface area contributed by atoms with Crippen LogP contribution in [-0.4, -0.2) is 57.8 Å². The Balaban J connectivity index is 1.43. The molecule has 26 heavy (non-hydrogen) atoms. The maximum Gasteiger partial charge on any atom is 0.257 e. The lowest BCUT2D eigenvalue weighted by Gasteiger charge is -2.37. The molecule has 0 unspecified atom stereocenters. The van der Waals surface area contributed by atoms with Crippen molar-refractivity contribution in [3.8, 4) is 0 Å². The summed E-state index contributed by atoms with van der Waals surface area (Å²) in [6.07, 6.45) is 4.57. The van der Waals surface area contributed by atoms with Crippen molar-refractivity contribution in [2.45, 2.75) is 18.9 Å². The highest BCUT2D eigenvalue weighted by Gasteiger charge is 2.42. The highest BCUT2D eigenvalue weighted by atomic mass is 16.2. The van der Waals surface area contributed by atoms with Gasteiger partial charge in [-0.2, -0.15) is 0 Å². The Morgan fingerprint density at radius 2 is 1.92 bits per heavy atom. The van der Waals surface area contributed by atoms with Gasteiger partial charge in [0.1, 0.15) is 0 Å². The maximum atomic E-state index is 12.8. The standard InChI is InChI=1S/C19H21N5O2/c1-23-16-12-24(8-7-13(16)9-17(23)25)18(26)14-10-20-19(21-11-14)22-15-5-3-2-4-6-15/h2-6,10-11,13,16H,7-9,12H2,1H3,(H,20,21,22)/t13-,16-/m1/s1. The van der Waals surface area contributed by atoms with Gasteiger partial charge in [-0.15, -0.1) is 0 Å². The van der Waals surface area contributed by atoms with E-state index in [9.17, 15) is 9.59 Å². The minimum absolute atomic E-state index is 0.0811. The largest absolute Gasteiger partial charge is 0.341 e. The van der Waals surface area contributed by atoms with Gasteiger partial charge in [-0.05, 0) is 24.5 Å². The molecule has 4 rings (SSSR count). The molecule has 1 N–H and O–H groups in total. The average molecular weight is 351 g/mol. The van der Waals surface area contributed by atoms with Crippen molar-refractivity contribution in [3.05, 3.63) is 48.3 Å². The number of carbonyl (C=O) groups is 2. The number of nitrogens with one attached hydrogen (secondary N) is 1. The third-order valence-electron chi connectivity index (χ3n) is 5.27. The zero-order valence-corrected chi connectivity index (χ0v) is 14.6. The Labute approximate surface area is 152 Å². The van der Waals surface area contributed by atoms with Crippen LogP contribution in [0.1, 0.15) is 23.2 Å². The van der Waals surface area contributed by atoms with Crippen molar-refractivity contribution in [3.63, 3.8) is 0 Å². The molecule has 2 aromatic rings. The van der Waals surface area contributed by atoms with Crippen LogP contribution in [0.4, 0.5) is 11.6 Å². The second kappa shape index (κ2) is 6.74. The van der Waals surface area contributed by atoms with Crippen molar-refractivity contribution in [2.24, 2.45) is 5.92 Å². The smallest absolute Gasteiger partial charge is 0.257 e. The van der Waals surface area contributed by atoms with Gasteiger partial charge in [0.15, 0.2) is 0 Å². The van der Waals surface area contributed by atoms with Gasteiger partial charge in [-0.3, -0.25) is 9.59 Å². The Hall–Kier alpha value is -2.96. The molecule has 134 valence electrons. The van der Waals surface area contributed by atoms with Gasteiger partial charge in [0.05, 0.1) is 11.6 Å². The minimum atomic E-state index is -0.0811. The SMILES string of the molecule is CN1C(=O)C[C@H]2CCN(C(=O)c3cnc(Nc4ccccc4)nc3)C[C@H]21. The summed E-state index contributed by atoms with van der Waals surface area (Å²) in [5, 5.41) is 3.10. The number of benzene rings is 1. The molecule has 7 nitrogen and oxygen atoms in total. The number of aromatic nitrogens is 2. The summed E-state index contributed by atoms with van der Waals surface area (Å²) in [5.74, 6) is 0.911. The van der Waals surface area contributed by atoms with Crippen molar-refractivity contribution >= 4 is 23.5 Å². The zero-order chi connectivity index (χ0) is 18.1. The van der Waals surface area contributed by atoms with Crippen molar-refractivity contribution in [1.82, 2.24) is 19.8 Å². The summed E-state index contributed by atoms with van der Waals surface area (Å²) in [4.78, 5) is 36.7. The quantitative estimate of drug-likeness (QED) is 0.914. The molecule has 2 fully saturated rings. The molecule has 2 saturated heterocycles. The fourth-order valence-electron chi connectivity index (χ4n) is 3.73. The molecular formula is C19H21N5O2. The maximum absolute atomic E-state index is 12.8. The van der Waals surface area contributed by atoms with Crippen LogP contribution >= 0.6 is 0 Å². The first-order chi connectivity index (χ1) is 12.6. The number of rotatable bonds is 3. The van der Waals surface area contributed by atoms with Gasteiger partial charge >= 0.3 is 0 Å². The number of likely N-dealkylation sites (tertiary alicyclic amines) is 2. The van der Waals surface area contributed by atoms with Crippen molar-refractivity contribution < 1.29 is 9.59 Å². The highest BCUT2D eigenvalue weighted by molar-refractivity contribution is 5.94. The van der Waals surface area contributed by atoms with Gasteiger partial charge in [-0.1, -0.05) is 18.2 Å². The van der Waals surface area contributed by atoms with Gasteiger partial charge in [0.25, 0.3) is 5.91 Å². The summed E-state index contributed by atoms with van der Waals surface area (Å²) < 4.78 is 0. The van der Waals surface area contributed by atoms with E-state index in [1.807, 2.05) is 37.4 Å². The van der Waals surface area contributed by atoms with E-state index in [-0.39, 0.29) is 17.9 Å². The predicted molar refractivity (Wildman–Crippen MR) is 96.9 cm³/mol.